The molecule has 0 unspecified atom stereocenters. The van der Waals surface area contributed by atoms with Crippen LogP contribution in [0.25, 0.3) is 22.4 Å². The van der Waals surface area contributed by atoms with Gasteiger partial charge in [-0.2, -0.15) is 5.10 Å². The first kappa shape index (κ1) is 23.7. The molecule has 0 radical (unpaired) electrons. The fourth-order valence-electron chi connectivity index (χ4n) is 4.75. The zero-order valence-electron chi connectivity index (χ0n) is 20.4. The normalized spacial score (nSPS) is 11.0. The van der Waals surface area contributed by atoms with Gasteiger partial charge in [0.2, 0.25) is 0 Å². The third-order valence-electron chi connectivity index (χ3n) is 6.54. The molecule has 2 heterocycles. The van der Waals surface area contributed by atoms with Gasteiger partial charge < -0.3 is 0 Å². The highest BCUT2D eigenvalue weighted by Gasteiger charge is 2.20. The molecule has 0 aliphatic rings. The molecular formula is C32H30FN3. The van der Waals surface area contributed by atoms with Crippen molar-refractivity contribution < 1.29 is 4.39 Å². The number of hydrogen-bond donors (Lipinski definition) is 0. The van der Waals surface area contributed by atoms with E-state index in [1.54, 1.807) is 0 Å². The maximum absolute atomic E-state index is 13.7. The second-order valence-corrected chi connectivity index (χ2v) is 9.06. The van der Waals surface area contributed by atoms with Gasteiger partial charge in [-0.15, -0.1) is 0 Å². The molecule has 4 heteroatoms. The first-order valence-electron chi connectivity index (χ1n) is 12.6. The van der Waals surface area contributed by atoms with Crippen molar-refractivity contribution >= 4 is 0 Å². The molecule has 0 amide bonds. The smallest absolute Gasteiger partial charge is 0.123 e. The number of halogens is 1. The van der Waals surface area contributed by atoms with Crippen LogP contribution in [0.5, 0.6) is 0 Å². The van der Waals surface area contributed by atoms with Crippen LogP contribution in [0.15, 0.2) is 109 Å². The van der Waals surface area contributed by atoms with E-state index in [1.807, 2.05) is 36.7 Å². The van der Waals surface area contributed by atoms with Gasteiger partial charge >= 0.3 is 0 Å². The average Bonchev–Trinajstić information content (AvgIpc) is 3.29. The van der Waals surface area contributed by atoms with Crippen molar-refractivity contribution in [3.05, 3.63) is 132 Å². The van der Waals surface area contributed by atoms with E-state index in [0.717, 1.165) is 61.0 Å². The molecule has 3 nitrogen and oxygen atoms in total. The van der Waals surface area contributed by atoms with E-state index in [9.17, 15) is 4.39 Å². The molecule has 0 bridgehead atoms. The molecule has 0 aliphatic heterocycles. The summed E-state index contributed by atoms with van der Waals surface area (Å²) < 4.78 is 15.9. The maximum atomic E-state index is 13.7. The molecule has 0 fully saturated rings. The minimum absolute atomic E-state index is 0.241. The number of benzene rings is 3. The first-order valence-corrected chi connectivity index (χ1v) is 12.6. The van der Waals surface area contributed by atoms with Crippen LogP contribution in [-0.4, -0.2) is 14.8 Å². The molecule has 0 saturated heterocycles. The van der Waals surface area contributed by atoms with Crippen LogP contribution in [0.3, 0.4) is 0 Å². The summed E-state index contributed by atoms with van der Waals surface area (Å²) in [6.45, 7) is 0.828. The average molecular weight is 476 g/mol. The molecule has 0 atom stereocenters. The number of aryl methyl sites for hydroxylation is 3. The number of rotatable bonds is 10. The summed E-state index contributed by atoms with van der Waals surface area (Å²) in [5, 5.41) is 5.12. The van der Waals surface area contributed by atoms with Crippen LogP contribution in [0.1, 0.15) is 29.7 Å². The van der Waals surface area contributed by atoms with Crippen molar-refractivity contribution in [3.63, 3.8) is 0 Å². The number of aromatic nitrogens is 3. The topological polar surface area (TPSA) is 30.7 Å². The van der Waals surface area contributed by atoms with Gasteiger partial charge in [0.15, 0.2) is 0 Å². The van der Waals surface area contributed by atoms with Gasteiger partial charge in [0.05, 0.1) is 0 Å². The van der Waals surface area contributed by atoms with Crippen molar-refractivity contribution in [2.75, 3.05) is 0 Å². The summed E-state index contributed by atoms with van der Waals surface area (Å²) in [7, 11) is 0. The molecule has 36 heavy (non-hydrogen) atoms. The Labute approximate surface area is 212 Å². The van der Waals surface area contributed by atoms with Gasteiger partial charge in [-0.1, -0.05) is 60.7 Å². The molecule has 5 aromatic rings. The number of hydrogen-bond acceptors (Lipinski definition) is 2. The van der Waals surface area contributed by atoms with Gasteiger partial charge in [-0.25, -0.2) is 4.39 Å². The molecule has 5 rings (SSSR count). The molecule has 3 aromatic carbocycles. The van der Waals surface area contributed by atoms with Gasteiger partial charge in [0.1, 0.15) is 11.5 Å². The van der Waals surface area contributed by atoms with E-state index in [0.29, 0.717) is 0 Å². The predicted octanol–water partition coefficient (Wildman–Crippen LogP) is 7.56. The highest BCUT2D eigenvalue weighted by atomic mass is 19.1. The highest BCUT2D eigenvalue weighted by Crippen LogP contribution is 2.35. The predicted molar refractivity (Wildman–Crippen MR) is 144 cm³/mol. The summed E-state index contributed by atoms with van der Waals surface area (Å²) in [6.07, 6.45) is 8.59. The van der Waals surface area contributed by atoms with E-state index >= 15 is 0 Å². The largest absolute Gasteiger partial charge is 0.268 e. The Bertz CT molecular complexity index is 1360. The first-order chi connectivity index (χ1) is 17.8. The second-order valence-electron chi connectivity index (χ2n) is 9.06. The summed E-state index contributed by atoms with van der Waals surface area (Å²) in [4.78, 5) is 4.23. The molecule has 0 N–H and O–H groups in total. The van der Waals surface area contributed by atoms with Crippen LogP contribution in [0.2, 0.25) is 0 Å². The summed E-state index contributed by atoms with van der Waals surface area (Å²) in [5.41, 5.74) is 7.94. The Morgan fingerprint density at radius 1 is 0.611 bits per heavy atom. The van der Waals surface area contributed by atoms with E-state index in [-0.39, 0.29) is 5.82 Å². The highest BCUT2D eigenvalue weighted by molar-refractivity contribution is 5.82. The van der Waals surface area contributed by atoms with E-state index in [1.165, 1.54) is 29.0 Å². The zero-order chi connectivity index (χ0) is 24.6. The zero-order valence-corrected chi connectivity index (χ0v) is 20.4. The fraction of sp³-hybridized carbons (Fsp3) is 0.188. The number of pyridine rings is 1. The summed E-state index contributed by atoms with van der Waals surface area (Å²) in [5.74, 6) is -0.241. The lowest BCUT2D eigenvalue weighted by Gasteiger charge is -2.11. The second kappa shape index (κ2) is 11.6. The van der Waals surface area contributed by atoms with Crippen molar-refractivity contribution in [1.29, 1.82) is 0 Å². The van der Waals surface area contributed by atoms with Crippen LogP contribution in [0, 0.1) is 5.82 Å². The molecule has 2 aromatic heterocycles. The third-order valence-corrected chi connectivity index (χ3v) is 6.54. The third kappa shape index (κ3) is 5.77. The molecule has 0 saturated carbocycles. The van der Waals surface area contributed by atoms with Gasteiger partial charge in [0, 0.05) is 35.8 Å². The van der Waals surface area contributed by atoms with Gasteiger partial charge in [-0.3, -0.25) is 9.67 Å². The van der Waals surface area contributed by atoms with E-state index in [2.05, 4.69) is 70.3 Å². The Kier molecular flexibility index (Phi) is 7.62. The minimum Gasteiger partial charge on any atom is -0.268 e. The van der Waals surface area contributed by atoms with Crippen molar-refractivity contribution in [2.45, 2.75) is 38.6 Å². The fourth-order valence-corrected chi connectivity index (χ4v) is 4.75. The lowest BCUT2D eigenvalue weighted by molar-refractivity contribution is 0.550. The van der Waals surface area contributed by atoms with Crippen molar-refractivity contribution in [3.8, 4) is 22.4 Å². The molecular weight excluding hydrogens is 445 g/mol. The van der Waals surface area contributed by atoms with E-state index in [4.69, 9.17) is 5.10 Å². The maximum Gasteiger partial charge on any atom is 0.123 e. The molecule has 0 spiro atoms. The van der Waals surface area contributed by atoms with Gasteiger partial charge in [-0.05, 0) is 85.2 Å². The van der Waals surface area contributed by atoms with E-state index < -0.39 is 0 Å². The van der Waals surface area contributed by atoms with Crippen LogP contribution >= 0.6 is 0 Å². The van der Waals surface area contributed by atoms with Crippen molar-refractivity contribution in [1.82, 2.24) is 14.8 Å². The Hall–Kier alpha value is -4.05. The number of nitrogens with zero attached hydrogens (tertiary/aromatic N) is 3. The lowest BCUT2D eigenvalue weighted by atomic mass is 9.96. The standard InChI is InChI=1S/C32H30FN3/c33-29-18-16-28(17-19-29)32-31(27-20-22-34-23-21-27)30(15-7-13-25-9-3-1-4-10-25)36(35-32)24-8-14-26-11-5-2-6-12-26/h1-6,9-12,16-23H,7-8,13-15,24H2. The van der Waals surface area contributed by atoms with Crippen LogP contribution in [-0.2, 0) is 25.8 Å². The molecule has 180 valence electrons. The quantitative estimate of drug-likeness (QED) is 0.209. The van der Waals surface area contributed by atoms with Crippen LogP contribution < -0.4 is 0 Å². The Morgan fingerprint density at radius 3 is 1.86 bits per heavy atom. The van der Waals surface area contributed by atoms with Crippen molar-refractivity contribution in [2.24, 2.45) is 0 Å². The monoisotopic (exact) mass is 475 g/mol. The molecule has 0 aliphatic carbocycles. The van der Waals surface area contributed by atoms with Gasteiger partial charge in [0.25, 0.3) is 0 Å². The minimum atomic E-state index is -0.241. The summed E-state index contributed by atoms with van der Waals surface area (Å²) in [6, 6.07) is 32.0. The Balaban J connectivity index is 1.50. The lowest BCUT2D eigenvalue weighted by Crippen LogP contribution is -2.07. The summed E-state index contributed by atoms with van der Waals surface area (Å²) >= 11 is 0. The SMILES string of the molecule is Fc1ccc(-c2nn(CCCc3ccccc3)c(CCCc3ccccc3)c2-c2ccncc2)cc1. The van der Waals surface area contributed by atoms with Crippen LogP contribution in [0.4, 0.5) is 4.39 Å². The Morgan fingerprint density at radius 2 is 1.22 bits per heavy atom.